The smallest absolute Gasteiger partial charge is 0.256 e. The first-order valence-corrected chi connectivity index (χ1v) is 10.5. The van der Waals surface area contributed by atoms with Gasteiger partial charge in [-0.1, -0.05) is 30.2 Å². The van der Waals surface area contributed by atoms with Crippen LogP contribution in [0.2, 0.25) is 0 Å². The molecule has 0 spiro atoms. The highest BCUT2D eigenvalue weighted by molar-refractivity contribution is 14.1. The third kappa shape index (κ3) is 7.35. The van der Waals surface area contributed by atoms with Crippen LogP contribution in [0.4, 0.5) is 0 Å². The molecule has 2 aromatic rings. The van der Waals surface area contributed by atoms with Gasteiger partial charge in [0.2, 0.25) is 6.29 Å². The Morgan fingerprint density at radius 1 is 1.07 bits per heavy atom. The molecule has 0 fully saturated rings. The van der Waals surface area contributed by atoms with Crippen molar-refractivity contribution in [1.82, 2.24) is 4.90 Å². The summed E-state index contributed by atoms with van der Waals surface area (Å²) in [5.41, 5.74) is 1.66. The number of ether oxygens (including phenoxy) is 3. The second-order valence-electron chi connectivity index (χ2n) is 6.05. The largest absolute Gasteiger partial charge is 0.497 e. The topological polar surface area (TPSA) is 48.0 Å². The van der Waals surface area contributed by atoms with Crippen molar-refractivity contribution in [3.8, 4) is 17.6 Å². The van der Waals surface area contributed by atoms with Gasteiger partial charge in [0.15, 0.2) is 0 Å². The fourth-order valence-corrected chi connectivity index (χ4v) is 3.23. The molecule has 0 aliphatic rings. The molecule has 0 bridgehead atoms. The normalized spacial score (nSPS) is 10.4. The van der Waals surface area contributed by atoms with Crippen molar-refractivity contribution in [2.24, 2.45) is 0 Å². The minimum atomic E-state index is -0.584. The molecule has 0 heterocycles. The van der Waals surface area contributed by atoms with Crippen LogP contribution in [0.25, 0.3) is 0 Å². The van der Waals surface area contributed by atoms with E-state index in [1.807, 2.05) is 62.4 Å². The molecule has 2 aromatic carbocycles. The maximum absolute atomic E-state index is 13.2. The van der Waals surface area contributed by atoms with Crippen molar-refractivity contribution in [2.45, 2.75) is 26.7 Å². The van der Waals surface area contributed by atoms with Gasteiger partial charge in [-0.15, -0.1) is 0 Å². The summed E-state index contributed by atoms with van der Waals surface area (Å²) in [5, 5.41) is 0. The first kappa shape index (κ1) is 23.2. The van der Waals surface area contributed by atoms with Gasteiger partial charge in [-0.3, -0.25) is 4.79 Å². The lowest BCUT2D eigenvalue weighted by Crippen LogP contribution is -2.31. The van der Waals surface area contributed by atoms with E-state index in [1.165, 1.54) is 0 Å². The molecule has 2 rings (SSSR count). The van der Waals surface area contributed by atoms with Crippen LogP contribution in [0.5, 0.6) is 5.75 Å². The molecule has 5 nitrogen and oxygen atoms in total. The number of hydrogen-bond donors (Lipinski definition) is 0. The lowest BCUT2D eigenvalue weighted by Gasteiger charge is -2.21. The minimum Gasteiger partial charge on any atom is -0.497 e. The van der Waals surface area contributed by atoms with Crippen LogP contribution in [0.3, 0.4) is 0 Å². The van der Waals surface area contributed by atoms with E-state index in [-0.39, 0.29) is 12.5 Å². The Kier molecular flexibility index (Phi) is 9.98. The number of benzene rings is 2. The molecule has 1 amide bonds. The number of nitrogens with zero attached hydrogens (tertiary/aromatic N) is 1. The lowest BCUT2D eigenvalue weighted by molar-refractivity contribution is -0.0970. The molecule has 0 atom stereocenters. The molecule has 0 N–H and O–H groups in total. The number of halogens is 1. The third-order valence-electron chi connectivity index (χ3n) is 4.05. The summed E-state index contributed by atoms with van der Waals surface area (Å²) in [5.74, 6) is 6.73. The van der Waals surface area contributed by atoms with E-state index in [4.69, 9.17) is 14.2 Å². The molecule has 0 aliphatic heterocycles. The quantitative estimate of drug-likeness (QED) is 0.288. The van der Waals surface area contributed by atoms with Crippen LogP contribution in [0.15, 0.2) is 48.5 Å². The highest BCUT2D eigenvalue weighted by Crippen LogP contribution is 2.17. The second-order valence-corrected chi connectivity index (χ2v) is 7.22. The average molecular weight is 507 g/mol. The van der Waals surface area contributed by atoms with Crippen LogP contribution >= 0.6 is 22.6 Å². The maximum Gasteiger partial charge on any atom is 0.256 e. The summed E-state index contributed by atoms with van der Waals surface area (Å²) in [6.45, 7) is 5.52. The predicted octanol–water partition coefficient (Wildman–Crippen LogP) is 4.34. The third-order valence-corrected chi connectivity index (χ3v) is 4.99. The summed E-state index contributed by atoms with van der Waals surface area (Å²) < 4.78 is 17.0. The Bertz CT molecular complexity index is 836. The molecule has 6 heteroatoms. The van der Waals surface area contributed by atoms with Gasteiger partial charge in [0.25, 0.3) is 5.91 Å². The van der Waals surface area contributed by atoms with Crippen molar-refractivity contribution in [3.05, 3.63) is 63.2 Å². The van der Waals surface area contributed by atoms with Gasteiger partial charge in [0, 0.05) is 23.3 Å². The second kappa shape index (κ2) is 12.5. The van der Waals surface area contributed by atoms with E-state index in [0.29, 0.717) is 25.3 Å². The summed E-state index contributed by atoms with van der Waals surface area (Å²) in [4.78, 5) is 14.9. The van der Waals surface area contributed by atoms with Gasteiger partial charge in [-0.05, 0) is 72.2 Å². The van der Waals surface area contributed by atoms with Crippen molar-refractivity contribution >= 4 is 28.5 Å². The van der Waals surface area contributed by atoms with Gasteiger partial charge >= 0.3 is 0 Å². The first-order valence-electron chi connectivity index (χ1n) is 9.47. The molecule has 0 aliphatic carbocycles. The fraction of sp³-hybridized carbons (Fsp3) is 0.348. The number of rotatable bonds is 9. The number of carbonyl (C=O) groups excluding carboxylic acids is 1. The lowest BCUT2D eigenvalue weighted by atomic mass is 10.1. The van der Waals surface area contributed by atoms with E-state index in [0.717, 1.165) is 14.9 Å². The monoisotopic (exact) mass is 507 g/mol. The van der Waals surface area contributed by atoms with Crippen molar-refractivity contribution in [3.63, 3.8) is 0 Å². The van der Waals surface area contributed by atoms with Gasteiger partial charge in [0.1, 0.15) is 5.75 Å². The predicted molar refractivity (Wildman–Crippen MR) is 122 cm³/mol. The van der Waals surface area contributed by atoms with E-state index in [1.54, 1.807) is 12.0 Å². The van der Waals surface area contributed by atoms with Crippen molar-refractivity contribution in [1.29, 1.82) is 0 Å². The molecular formula is C23H26INO4. The van der Waals surface area contributed by atoms with E-state index >= 15 is 0 Å². The molecule has 0 saturated heterocycles. The summed E-state index contributed by atoms with van der Waals surface area (Å²) in [7, 11) is 1.63. The highest BCUT2D eigenvalue weighted by atomic mass is 127. The maximum atomic E-state index is 13.2. The molecule has 29 heavy (non-hydrogen) atoms. The Morgan fingerprint density at radius 3 is 2.31 bits per heavy atom. The molecule has 0 radical (unpaired) electrons. The Balaban J connectivity index is 2.22. The zero-order chi connectivity index (χ0) is 21.1. The number of amides is 1. The Hall–Kier alpha value is -2.08. The first-order chi connectivity index (χ1) is 14.1. The van der Waals surface area contributed by atoms with Gasteiger partial charge in [-0.2, -0.15) is 0 Å². The summed E-state index contributed by atoms with van der Waals surface area (Å²) in [6, 6.07) is 15.2. The molecule has 0 aromatic heterocycles. The number of carbonyl (C=O) groups is 1. The van der Waals surface area contributed by atoms with Crippen LogP contribution in [-0.2, 0) is 16.0 Å². The standard InChI is InChI=1S/C23H26INO4/c1-4-28-22(29-5-2)11-8-16-25(17-18-12-14-19(27-3)15-13-18)23(26)20-9-6-7-10-21(20)24/h6-7,9-10,12-15,22H,4-5,16-17H2,1-3H3. The van der Waals surface area contributed by atoms with Gasteiger partial charge in [0.05, 0.1) is 19.2 Å². The van der Waals surface area contributed by atoms with Crippen LogP contribution < -0.4 is 4.74 Å². The van der Waals surface area contributed by atoms with Crippen LogP contribution in [0.1, 0.15) is 29.8 Å². The van der Waals surface area contributed by atoms with Crippen LogP contribution in [-0.4, -0.2) is 44.0 Å². The number of methoxy groups -OCH3 is 1. The zero-order valence-corrected chi connectivity index (χ0v) is 19.1. The molecule has 154 valence electrons. The Labute approximate surface area is 186 Å². The molecule has 0 unspecified atom stereocenters. The fourth-order valence-electron chi connectivity index (χ4n) is 2.61. The SMILES string of the molecule is CCOC(C#CCN(Cc1ccc(OC)cc1)C(=O)c1ccccc1I)OCC. The van der Waals surface area contributed by atoms with Crippen molar-refractivity contribution in [2.75, 3.05) is 26.9 Å². The van der Waals surface area contributed by atoms with E-state index in [2.05, 4.69) is 34.4 Å². The van der Waals surface area contributed by atoms with E-state index < -0.39 is 6.29 Å². The minimum absolute atomic E-state index is 0.0653. The van der Waals surface area contributed by atoms with Crippen molar-refractivity contribution < 1.29 is 19.0 Å². The number of hydrogen-bond acceptors (Lipinski definition) is 4. The molecular weight excluding hydrogens is 481 g/mol. The zero-order valence-electron chi connectivity index (χ0n) is 17.0. The Morgan fingerprint density at radius 2 is 1.72 bits per heavy atom. The highest BCUT2D eigenvalue weighted by Gasteiger charge is 2.18. The molecule has 0 saturated carbocycles. The summed E-state index contributed by atoms with van der Waals surface area (Å²) in [6.07, 6.45) is -0.584. The van der Waals surface area contributed by atoms with Gasteiger partial charge in [-0.25, -0.2) is 0 Å². The van der Waals surface area contributed by atoms with E-state index in [9.17, 15) is 4.79 Å². The summed E-state index contributed by atoms with van der Waals surface area (Å²) >= 11 is 2.18. The van der Waals surface area contributed by atoms with Gasteiger partial charge < -0.3 is 19.1 Å². The van der Waals surface area contributed by atoms with Crippen LogP contribution in [0, 0.1) is 15.4 Å². The average Bonchev–Trinajstić information content (AvgIpc) is 2.73.